The summed E-state index contributed by atoms with van der Waals surface area (Å²) in [5.41, 5.74) is 3.47. The predicted octanol–water partition coefficient (Wildman–Crippen LogP) is 1.17. The van der Waals surface area contributed by atoms with Crippen LogP contribution < -0.4 is 5.73 Å². The Morgan fingerprint density at radius 1 is 1.29 bits per heavy atom. The number of carbonyl (C=O) groups excluding carboxylic acids is 3. The van der Waals surface area contributed by atoms with Gasteiger partial charge in [-0.05, 0) is 26.0 Å². The van der Waals surface area contributed by atoms with Crippen LogP contribution in [0.2, 0.25) is 5.02 Å². The minimum Gasteiger partial charge on any atom is -0.504 e. The number of β-lactam (4-membered cyclic amide) rings is 1. The van der Waals surface area contributed by atoms with Crippen molar-refractivity contribution in [3.8, 4) is 11.5 Å². The van der Waals surface area contributed by atoms with Gasteiger partial charge in [0.25, 0.3) is 11.8 Å². The zero-order chi connectivity index (χ0) is 36.0. The van der Waals surface area contributed by atoms with Gasteiger partial charge in [0.2, 0.25) is 11.5 Å². The van der Waals surface area contributed by atoms with Crippen LogP contribution in [-0.2, 0) is 28.8 Å². The number of amides is 3. The zero-order valence-electron chi connectivity index (χ0n) is 26.1. The molecule has 3 aliphatic rings. The topological polar surface area (TPSA) is 246 Å². The average Bonchev–Trinajstić information content (AvgIpc) is 3.64. The third-order valence-corrected chi connectivity index (χ3v) is 12.5. The van der Waals surface area contributed by atoms with Gasteiger partial charge in [-0.15, -0.1) is 34.9 Å². The van der Waals surface area contributed by atoms with Gasteiger partial charge in [0, 0.05) is 24.7 Å². The number of aromatic hydroxyl groups is 2. The van der Waals surface area contributed by atoms with Crippen LogP contribution in [0.4, 0.5) is 5.13 Å². The van der Waals surface area contributed by atoms with Crippen molar-refractivity contribution in [1.29, 1.82) is 0 Å². The monoisotopic (exact) mass is 758 g/mol. The Hall–Kier alpha value is -3.98. The summed E-state index contributed by atoms with van der Waals surface area (Å²) in [6, 6.07) is 0.697. The van der Waals surface area contributed by atoms with Crippen molar-refractivity contribution in [1.82, 2.24) is 19.7 Å². The number of likely N-dealkylation sites (N-methyl/N-ethyl adjacent to an activating group) is 1. The van der Waals surface area contributed by atoms with Gasteiger partial charge in [-0.1, -0.05) is 16.8 Å². The second-order valence-electron chi connectivity index (χ2n) is 11.6. The number of benzene rings is 1. The summed E-state index contributed by atoms with van der Waals surface area (Å²) in [5, 5.41) is 43.8. The fraction of sp³-hybridized carbons (Fsp3) is 0.464. The van der Waals surface area contributed by atoms with Crippen LogP contribution in [0.15, 0.2) is 22.7 Å². The van der Waals surface area contributed by atoms with Crippen molar-refractivity contribution < 1.29 is 54.0 Å². The number of carbonyl (C=O) groups is 5. The molecule has 0 spiro atoms. The van der Waals surface area contributed by atoms with Crippen LogP contribution in [-0.4, -0.2) is 142 Å². The van der Waals surface area contributed by atoms with Crippen molar-refractivity contribution in [2.45, 2.75) is 41.0 Å². The van der Waals surface area contributed by atoms with Gasteiger partial charge in [-0.25, -0.2) is 14.6 Å². The van der Waals surface area contributed by atoms with Crippen molar-refractivity contribution in [3.05, 3.63) is 33.8 Å². The Bertz CT molecular complexity index is 1740. The van der Waals surface area contributed by atoms with Crippen molar-refractivity contribution in [3.63, 3.8) is 0 Å². The van der Waals surface area contributed by atoms with Crippen LogP contribution in [0.1, 0.15) is 29.9 Å². The quantitative estimate of drug-likeness (QED) is 0.0935. The molecule has 1 aromatic heterocycles. The lowest BCUT2D eigenvalue weighted by Gasteiger charge is -2.45. The Balaban J connectivity index is 1.33. The standard InChI is InChI=1S/C28H31ClN6O11S3/c1-27(2,24(41)42)46-32-17(14-10-47-26(30)31-14)21(39)33(3)18-22(40)35-11-28(25(43)44,49-23(18)35)48-9-12-8-45-7-6-34(12)20(38)13-4-5-15(36)19(37)16(13)29/h4-5,10,12,18,23,36-37H,6-9,11H2,1-3H3,(H2,30,31)(H,41,42)(H,43,44)/b32-17-/t12?,18?,23-,28?/m1/s1. The molecule has 264 valence electrons. The maximum Gasteiger partial charge on any atom is 0.350 e. The molecule has 17 nitrogen and oxygen atoms in total. The number of anilines is 1. The number of halogens is 1. The molecular weight excluding hydrogens is 728 g/mol. The van der Waals surface area contributed by atoms with Crippen LogP contribution >= 0.6 is 46.5 Å². The Labute approximate surface area is 295 Å². The lowest BCUT2D eigenvalue weighted by molar-refractivity contribution is -0.161. The fourth-order valence-electron chi connectivity index (χ4n) is 5.12. The van der Waals surface area contributed by atoms with Crippen molar-refractivity contribution >= 4 is 87.0 Å². The average molecular weight is 759 g/mol. The van der Waals surface area contributed by atoms with E-state index in [4.69, 9.17) is 26.9 Å². The van der Waals surface area contributed by atoms with E-state index in [1.165, 1.54) is 42.1 Å². The number of oxime groups is 1. The molecule has 3 fully saturated rings. The number of nitrogen functional groups attached to an aromatic ring is 1. The van der Waals surface area contributed by atoms with Gasteiger partial charge < -0.3 is 50.4 Å². The Morgan fingerprint density at radius 2 is 2.00 bits per heavy atom. The number of thioether (sulfide) groups is 2. The van der Waals surface area contributed by atoms with E-state index in [1.54, 1.807) is 0 Å². The molecule has 2 aromatic rings. The summed E-state index contributed by atoms with van der Waals surface area (Å²) in [6.07, 6.45) is 0. The maximum atomic E-state index is 13.7. The van der Waals surface area contributed by atoms with Crippen LogP contribution in [0.3, 0.4) is 0 Å². The summed E-state index contributed by atoms with van der Waals surface area (Å²) < 4.78 is 4.01. The molecule has 0 aliphatic carbocycles. The normalized spacial score (nSPS) is 23.9. The number of phenolic OH excluding ortho intramolecular Hbond substituents is 2. The summed E-state index contributed by atoms with van der Waals surface area (Å²) >= 11 is 9.12. The molecule has 0 saturated carbocycles. The molecule has 0 bridgehead atoms. The summed E-state index contributed by atoms with van der Waals surface area (Å²) in [5.74, 6) is -5.52. The molecule has 4 heterocycles. The number of morpholine rings is 1. The van der Waals surface area contributed by atoms with Gasteiger partial charge in [0.05, 0.1) is 36.4 Å². The Morgan fingerprint density at radius 3 is 2.63 bits per heavy atom. The SMILES string of the molecule is CN(C(=O)/C(=N\OC(C)(C)C(=O)O)c1csc(N)n1)C1C(=O)N2CC(SCC3COCCN3C(=O)c3ccc(O)c(O)c3Cl)(C(=O)O)S[C@H]12. The second kappa shape index (κ2) is 13.7. The summed E-state index contributed by atoms with van der Waals surface area (Å²) in [7, 11) is 1.33. The van der Waals surface area contributed by atoms with Gasteiger partial charge in [-0.2, -0.15) is 0 Å². The van der Waals surface area contributed by atoms with E-state index >= 15 is 0 Å². The lowest BCUT2D eigenvalue weighted by Crippen LogP contribution is -2.68. The van der Waals surface area contributed by atoms with Gasteiger partial charge >= 0.3 is 11.9 Å². The number of hydrogen-bond acceptors (Lipinski definition) is 15. The van der Waals surface area contributed by atoms with Crippen molar-refractivity contribution in [2.75, 3.05) is 44.8 Å². The molecule has 0 radical (unpaired) electrons. The maximum absolute atomic E-state index is 13.7. The minimum absolute atomic E-state index is 0.00344. The number of nitrogens with zero attached hydrogens (tertiary/aromatic N) is 5. The predicted molar refractivity (Wildman–Crippen MR) is 179 cm³/mol. The smallest absolute Gasteiger partial charge is 0.350 e. The first-order valence-corrected chi connectivity index (χ1v) is 17.5. The molecule has 49 heavy (non-hydrogen) atoms. The van der Waals surface area contributed by atoms with Crippen LogP contribution in [0.5, 0.6) is 11.5 Å². The van der Waals surface area contributed by atoms with Gasteiger partial charge in [-0.3, -0.25) is 14.4 Å². The first-order valence-electron chi connectivity index (χ1n) is 14.4. The third kappa shape index (κ3) is 6.79. The van der Waals surface area contributed by atoms with E-state index in [-0.39, 0.29) is 53.5 Å². The molecule has 3 unspecified atom stereocenters. The molecular formula is C28H31ClN6O11S3. The van der Waals surface area contributed by atoms with Gasteiger partial charge in [0.1, 0.15) is 17.1 Å². The highest BCUT2D eigenvalue weighted by Crippen LogP contribution is 2.54. The number of thiazole rings is 1. The number of fused-ring (bicyclic) bond motifs is 1. The van der Waals surface area contributed by atoms with E-state index in [0.29, 0.717) is 0 Å². The third-order valence-electron chi connectivity index (χ3n) is 8.04. The second-order valence-corrected chi connectivity index (χ2v) is 15.9. The molecule has 4 atom stereocenters. The van der Waals surface area contributed by atoms with E-state index in [2.05, 4.69) is 10.1 Å². The highest BCUT2D eigenvalue weighted by atomic mass is 35.5. The first-order chi connectivity index (χ1) is 23.0. The number of aromatic nitrogens is 1. The van der Waals surface area contributed by atoms with E-state index in [9.17, 15) is 44.4 Å². The van der Waals surface area contributed by atoms with Crippen molar-refractivity contribution in [2.24, 2.45) is 5.16 Å². The number of ether oxygens (including phenoxy) is 1. The number of aliphatic carboxylic acids is 2. The number of rotatable bonds is 11. The number of hydrogen-bond donors (Lipinski definition) is 5. The molecule has 5 rings (SSSR count). The highest BCUT2D eigenvalue weighted by Gasteiger charge is 2.64. The van der Waals surface area contributed by atoms with E-state index < -0.39 is 74.0 Å². The number of carboxylic acid groups (broad SMARTS) is 2. The largest absolute Gasteiger partial charge is 0.504 e. The van der Waals surface area contributed by atoms with Crippen LogP contribution in [0.25, 0.3) is 0 Å². The van der Waals surface area contributed by atoms with Crippen LogP contribution in [0, 0.1) is 0 Å². The number of phenols is 2. The number of carboxylic acids is 2. The molecule has 6 N–H and O–H groups in total. The molecule has 3 amide bonds. The van der Waals surface area contributed by atoms with E-state index in [1.807, 2.05) is 0 Å². The fourth-order valence-corrected chi connectivity index (χ4v) is 9.21. The Kier molecular flexibility index (Phi) is 10.2. The van der Waals surface area contributed by atoms with E-state index in [0.717, 1.165) is 45.8 Å². The zero-order valence-corrected chi connectivity index (χ0v) is 29.3. The highest BCUT2D eigenvalue weighted by molar-refractivity contribution is 8.20. The summed E-state index contributed by atoms with van der Waals surface area (Å²) in [6.45, 7) is 2.70. The molecule has 21 heteroatoms. The lowest BCUT2D eigenvalue weighted by atomic mass is 10.0. The molecule has 1 aromatic carbocycles. The first kappa shape index (κ1) is 36.3. The van der Waals surface area contributed by atoms with Gasteiger partial charge in [0.15, 0.2) is 26.4 Å². The minimum atomic E-state index is -1.81. The summed E-state index contributed by atoms with van der Waals surface area (Å²) in [4.78, 5) is 78.0. The number of nitrogens with two attached hydrogens (primary N) is 1. The molecule has 3 saturated heterocycles. The molecule has 3 aliphatic heterocycles.